The highest BCUT2D eigenvalue weighted by molar-refractivity contribution is 7.88. The maximum Gasteiger partial charge on any atom is 0.534 e. The lowest BCUT2D eigenvalue weighted by molar-refractivity contribution is -0.541. The van der Waals surface area contributed by atoms with E-state index in [1.54, 1.807) is 9.48 Å². The summed E-state index contributed by atoms with van der Waals surface area (Å²) in [4.78, 5) is 1.67. The van der Waals surface area contributed by atoms with Gasteiger partial charge in [-0.3, -0.25) is 0 Å². The summed E-state index contributed by atoms with van der Waals surface area (Å²) < 4.78 is 128. The van der Waals surface area contributed by atoms with E-state index in [0.717, 1.165) is 51.4 Å². The van der Waals surface area contributed by atoms with Gasteiger partial charge in [0, 0.05) is 0 Å². The molecule has 0 bridgehead atoms. The lowest BCUT2D eigenvalue weighted by Gasteiger charge is -2.22. The fourth-order valence-corrected chi connectivity index (χ4v) is 2.95. The summed E-state index contributed by atoms with van der Waals surface area (Å²) in [5.41, 5.74) is -11.1. The topological polar surface area (TPSA) is 107 Å². The third-order valence-electron chi connectivity index (χ3n) is 4.42. The van der Waals surface area contributed by atoms with Crippen molar-refractivity contribution in [2.24, 2.45) is 0 Å². The Morgan fingerprint density at radius 3 is 1.34 bits per heavy atom. The van der Waals surface area contributed by atoms with Gasteiger partial charge in [0.05, 0.1) is 26.2 Å². The second kappa shape index (κ2) is 16.5. The van der Waals surface area contributed by atoms with Gasteiger partial charge in [0.15, 0.2) is 10.1 Å². The summed E-state index contributed by atoms with van der Waals surface area (Å²) in [6, 6.07) is -0.170. The first-order chi connectivity index (χ1) is 15.9. The van der Waals surface area contributed by atoms with Crippen LogP contribution in [0.3, 0.4) is 0 Å². The first-order valence-electron chi connectivity index (χ1n) is 11.3. The molecule has 16 heteroatoms. The first-order valence-corrected chi connectivity index (χ1v) is 14.1. The van der Waals surface area contributed by atoms with Crippen molar-refractivity contribution in [3.05, 3.63) is 0 Å². The van der Waals surface area contributed by atoms with Crippen LogP contribution in [-0.2, 0) is 24.4 Å². The van der Waals surface area contributed by atoms with Gasteiger partial charge in [-0.15, -0.1) is 0 Å². The molecule has 0 heterocycles. The molecule has 0 unspecified atom stereocenters. The molecule has 8 nitrogen and oxygen atoms in total. The molecular weight excluding hydrogens is 530 g/mol. The van der Waals surface area contributed by atoms with Crippen LogP contribution in [0.4, 0.5) is 26.3 Å². The largest absolute Gasteiger partial charge is 0.741 e. The van der Waals surface area contributed by atoms with E-state index in [-0.39, 0.29) is 6.02 Å². The fourth-order valence-electron chi connectivity index (χ4n) is 2.45. The van der Waals surface area contributed by atoms with Crippen LogP contribution in [0, 0.1) is 0 Å². The van der Waals surface area contributed by atoms with E-state index in [9.17, 15) is 34.8 Å². The lowest BCUT2D eigenvalue weighted by atomic mass is 10.2. The molecule has 0 aromatic rings. The highest BCUT2D eigenvalue weighted by atomic mass is 32.2. The van der Waals surface area contributed by atoms with Crippen LogP contribution in [0.5, 0.6) is 0 Å². The zero-order valence-corrected chi connectivity index (χ0v) is 22.0. The summed E-state index contributed by atoms with van der Waals surface area (Å²) in [7, 11) is -11.8. The Morgan fingerprint density at radius 1 is 0.743 bits per heavy atom. The zero-order chi connectivity index (χ0) is 27.9. The SMILES string of the molecule is CCCCN(CCCC)C(OS(=O)(=O)C(F)(F)F)=[N+](CCCC)CCCC.O=S(=O)([O-])C(F)(F)F. The Morgan fingerprint density at radius 2 is 1.09 bits per heavy atom. The molecule has 0 rings (SSSR count). The monoisotopic (exact) mass is 566 g/mol. The Kier molecular flexibility index (Phi) is 16.9. The predicted octanol–water partition coefficient (Wildman–Crippen LogP) is 4.77. The van der Waals surface area contributed by atoms with Crippen LogP contribution < -0.4 is 0 Å². The van der Waals surface area contributed by atoms with Gasteiger partial charge in [-0.2, -0.15) is 34.8 Å². The summed E-state index contributed by atoms with van der Waals surface area (Å²) in [5, 5.41) is 0. The van der Waals surface area contributed by atoms with Gasteiger partial charge in [0.25, 0.3) is 0 Å². The van der Waals surface area contributed by atoms with E-state index in [0.29, 0.717) is 26.2 Å². The molecule has 0 saturated carbocycles. The van der Waals surface area contributed by atoms with Gasteiger partial charge in [0.1, 0.15) is 0 Å². The van der Waals surface area contributed by atoms with E-state index in [1.807, 2.05) is 27.7 Å². The van der Waals surface area contributed by atoms with Crippen molar-refractivity contribution >= 4 is 26.3 Å². The number of unbranched alkanes of at least 4 members (excludes halogenated alkanes) is 4. The average molecular weight is 567 g/mol. The van der Waals surface area contributed by atoms with Crippen molar-refractivity contribution in [2.75, 3.05) is 26.2 Å². The molecule has 35 heavy (non-hydrogen) atoms. The molecule has 0 atom stereocenters. The molecular formula is C19H36F6N2O6S2. The van der Waals surface area contributed by atoms with Crippen LogP contribution in [0.25, 0.3) is 0 Å². The van der Waals surface area contributed by atoms with Gasteiger partial charge in [-0.25, -0.2) is 17.9 Å². The minimum Gasteiger partial charge on any atom is -0.741 e. The molecule has 0 saturated heterocycles. The Balaban J connectivity index is 0. The van der Waals surface area contributed by atoms with E-state index in [2.05, 4.69) is 0 Å². The Bertz CT molecular complexity index is 810. The summed E-state index contributed by atoms with van der Waals surface area (Å²) >= 11 is 0. The molecule has 212 valence electrons. The first kappa shape index (κ1) is 35.9. The molecule has 0 fully saturated rings. The van der Waals surface area contributed by atoms with Crippen molar-refractivity contribution in [2.45, 2.75) is 90.1 Å². The van der Waals surface area contributed by atoms with Crippen LogP contribution in [-0.4, -0.2) is 74.1 Å². The normalized spacial score (nSPS) is 12.5. The quantitative estimate of drug-likeness (QED) is 0.0601. The van der Waals surface area contributed by atoms with Crippen LogP contribution in [0.2, 0.25) is 0 Å². The van der Waals surface area contributed by atoms with Crippen LogP contribution in [0.15, 0.2) is 0 Å². The van der Waals surface area contributed by atoms with Crippen molar-refractivity contribution in [1.82, 2.24) is 4.90 Å². The van der Waals surface area contributed by atoms with E-state index < -0.39 is 31.3 Å². The highest BCUT2D eigenvalue weighted by Gasteiger charge is 2.51. The number of hydrogen-bond donors (Lipinski definition) is 0. The third kappa shape index (κ3) is 14.8. The Labute approximate surface area is 204 Å². The number of rotatable bonds is 13. The van der Waals surface area contributed by atoms with Gasteiger partial charge in [-0.05, 0) is 25.7 Å². The lowest BCUT2D eigenvalue weighted by Crippen LogP contribution is -2.45. The summed E-state index contributed by atoms with van der Waals surface area (Å²) in [5.74, 6) is 0. The maximum absolute atomic E-state index is 13.0. The molecule has 0 aliphatic heterocycles. The molecule has 0 radical (unpaired) electrons. The summed E-state index contributed by atoms with van der Waals surface area (Å²) in [6.45, 7) is 9.80. The third-order valence-corrected chi connectivity index (χ3v) is 5.92. The van der Waals surface area contributed by atoms with Crippen LogP contribution >= 0.6 is 0 Å². The second-order valence-corrected chi connectivity index (χ2v) is 10.5. The molecule has 0 amide bonds. The molecule has 0 aromatic carbocycles. The minimum absolute atomic E-state index is 0.170. The van der Waals surface area contributed by atoms with E-state index >= 15 is 0 Å². The van der Waals surface area contributed by atoms with Crippen molar-refractivity contribution in [3.63, 3.8) is 0 Å². The van der Waals surface area contributed by atoms with Gasteiger partial charge in [0.2, 0.25) is 0 Å². The number of halogens is 6. The Hall–Kier alpha value is -1.29. The number of alkyl halides is 6. The maximum atomic E-state index is 13.0. The molecule has 0 aliphatic rings. The van der Waals surface area contributed by atoms with Gasteiger partial charge in [-0.1, -0.05) is 53.4 Å². The highest BCUT2D eigenvalue weighted by Crippen LogP contribution is 2.25. The zero-order valence-electron chi connectivity index (χ0n) is 20.4. The van der Waals surface area contributed by atoms with Gasteiger partial charge < -0.3 is 8.74 Å². The minimum atomic E-state index is -6.09. The molecule has 0 aliphatic carbocycles. The fraction of sp³-hybridized carbons (Fsp3) is 0.947. The van der Waals surface area contributed by atoms with Crippen molar-refractivity contribution < 1.29 is 56.5 Å². The number of hydrogen-bond acceptors (Lipinski definition) is 6. The standard InChI is InChI=1S/C18H36F3N2O3S.CHF3O3S/c1-5-9-13-22(14-10-6-2)17(26-27(24,25)18(19,20)21)23(15-11-7-3)16-12-8-4;2-1(3,4)8(5,6)7/h5-16H2,1-4H3;(H,5,6,7)/q+1;/p-1. The molecule has 0 aromatic heterocycles. The molecule has 0 spiro atoms. The smallest absolute Gasteiger partial charge is 0.534 e. The number of amidine groups is 1. The van der Waals surface area contributed by atoms with E-state index in [4.69, 9.17) is 17.2 Å². The molecule has 0 N–H and O–H groups in total. The van der Waals surface area contributed by atoms with Crippen molar-refractivity contribution in [3.8, 4) is 0 Å². The summed E-state index contributed by atoms with van der Waals surface area (Å²) in [6.07, 6.45) is 6.40. The van der Waals surface area contributed by atoms with Gasteiger partial charge >= 0.3 is 27.2 Å². The predicted molar refractivity (Wildman–Crippen MR) is 118 cm³/mol. The second-order valence-electron chi connectivity index (χ2n) is 7.55. The van der Waals surface area contributed by atoms with Crippen molar-refractivity contribution in [1.29, 1.82) is 0 Å². The number of nitrogens with zero attached hydrogens (tertiary/aromatic N) is 2. The van der Waals surface area contributed by atoms with E-state index in [1.165, 1.54) is 0 Å². The van der Waals surface area contributed by atoms with Crippen LogP contribution in [0.1, 0.15) is 79.1 Å². The average Bonchev–Trinajstić information content (AvgIpc) is 2.71.